The highest BCUT2D eigenvalue weighted by atomic mass is 19.4. The summed E-state index contributed by atoms with van der Waals surface area (Å²) in [6, 6.07) is 21.5. The average molecular weight is 533 g/mol. The third-order valence-corrected chi connectivity index (χ3v) is 6.89. The smallest absolute Gasteiger partial charge is 0.346 e. The van der Waals surface area contributed by atoms with Gasteiger partial charge in [0.1, 0.15) is 6.54 Å². The second-order valence-corrected chi connectivity index (χ2v) is 9.45. The molecule has 0 bridgehead atoms. The maximum atomic E-state index is 13.1. The van der Waals surface area contributed by atoms with Crippen LogP contribution in [0, 0.1) is 0 Å². The van der Waals surface area contributed by atoms with Crippen molar-refractivity contribution < 1.29 is 22.8 Å². The van der Waals surface area contributed by atoms with Crippen molar-refractivity contribution in [2.75, 3.05) is 11.9 Å². The molecule has 0 aliphatic heterocycles. The molecule has 6 nitrogen and oxygen atoms in total. The number of imidazole rings is 1. The number of anilines is 1. The van der Waals surface area contributed by atoms with Gasteiger partial charge >= 0.3 is 6.18 Å². The van der Waals surface area contributed by atoms with E-state index in [1.807, 2.05) is 34.9 Å². The number of carbonyl (C=O) groups is 2. The number of nitrogens with zero attached hydrogens (tertiary/aromatic N) is 2. The first-order valence-corrected chi connectivity index (χ1v) is 12.7. The normalized spacial score (nSPS) is 14.8. The summed E-state index contributed by atoms with van der Waals surface area (Å²) in [4.78, 5) is 30.4. The van der Waals surface area contributed by atoms with Crippen molar-refractivity contribution in [3.63, 3.8) is 0 Å². The number of benzene rings is 3. The van der Waals surface area contributed by atoms with E-state index in [1.54, 1.807) is 54.9 Å². The number of fused-ring (bicyclic) bond motifs is 3. The van der Waals surface area contributed by atoms with E-state index in [0.717, 1.165) is 23.1 Å². The van der Waals surface area contributed by atoms with Gasteiger partial charge in [0.2, 0.25) is 11.9 Å². The zero-order valence-corrected chi connectivity index (χ0v) is 21.2. The molecule has 9 heteroatoms. The largest absolute Gasteiger partial charge is 0.405 e. The molecule has 0 spiro atoms. The van der Waals surface area contributed by atoms with Crippen molar-refractivity contribution in [1.29, 1.82) is 0 Å². The van der Waals surface area contributed by atoms with Gasteiger partial charge in [-0.3, -0.25) is 14.9 Å². The number of halogens is 3. The summed E-state index contributed by atoms with van der Waals surface area (Å²) < 4.78 is 40.6. The summed E-state index contributed by atoms with van der Waals surface area (Å²) >= 11 is 0. The van der Waals surface area contributed by atoms with Gasteiger partial charge in [-0.1, -0.05) is 74.0 Å². The third kappa shape index (κ3) is 5.30. The number of hydrogen-bond acceptors (Lipinski definition) is 3. The fourth-order valence-electron chi connectivity index (χ4n) is 5.28. The van der Waals surface area contributed by atoms with E-state index < -0.39 is 24.5 Å². The van der Waals surface area contributed by atoms with Gasteiger partial charge in [-0.05, 0) is 46.4 Å². The van der Waals surface area contributed by atoms with Crippen molar-refractivity contribution in [2.45, 2.75) is 37.9 Å². The van der Waals surface area contributed by atoms with Crippen molar-refractivity contribution in [3.05, 3.63) is 107 Å². The van der Waals surface area contributed by atoms with Crippen LogP contribution in [0.1, 0.15) is 58.8 Å². The molecule has 1 aromatic heterocycles. The number of rotatable bonds is 8. The Labute approximate surface area is 223 Å². The quantitative estimate of drug-likeness (QED) is 0.279. The summed E-state index contributed by atoms with van der Waals surface area (Å²) in [5.74, 6) is -1.46. The van der Waals surface area contributed by atoms with Crippen LogP contribution >= 0.6 is 0 Å². The molecular formula is C30H27F3N4O2. The Hall–Kier alpha value is -4.40. The molecule has 0 radical (unpaired) electrons. The second-order valence-electron chi connectivity index (χ2n) is 9.45. The van der Waals surface area contributed by atoms with E-state index in [1.165, 1.54) is 0 Å². The number of hydrogen-bond donors (Lipinski definition) is 2. The molecule has 1 heterocycles. The molecule has 4 aromatic rings. The van der Waals surface area contributed by atoms with Gasteiger partial charge in [0, 0.05) is 18.0 Å². The van der Waals surface area contributed by atoms with E-state index in [9.17, 15) is 22.8 Å². The molecule has 3 aromatic carbocycles. The number of alkyl halides is 3. The summed E-state index contributed by atoms with van der Waals surface area (Å²) in [7, 11) is 0. The lowest BCUT2D eigenvalue weighted by atomic mass is 9.90. The van der Waals surface area contributed by atoms with Gasteiger partial charge in [0.25, 0.3) is 5.91 Å². The maximum Gasteiger partial charge on any atom is 0.405 e. The Bertz CT molecular complexity index is 1500. The lowest BCUT2D eigenvalue weighted by molar-refractivity contribution is -0.138. The van der Waals surface area contributed by atoms with Crippen LogP contribution in [0.3, 0.4) is 0 Å². The van der Waals surface area contributed by atoms with Gasteiger partial charge in [-0.25, -0.2) is 4.98 Å². The van der Waals surface area contributed by atoms with E-state index in [-0.39, 0.29) is 11.9 Å². The summed E-state index contributed by atoms with van der Waals surface area (Å²) in [5, 5.41) is 4.97. The van der Waals surface area contributed by atoms with Crippen LogP contribution in [-0.2, 0) is 4.79 Å². The van der Waals surface area contributed by atoms with Crippen molar-refractivity contribution in [1.82, 2.24) is 14.9 Å². The van der Waals surface area contributed by atoms with Crippen LogP contribution in [0.5, 0.6) is 0 Å². The van der Waals surface area contributed by atoms with Gasteiger partial charge in [-0.15, -0.1) is 0 Å². The van der Waals surface area contributed by atoms with Crippen LogP contribution in [0.25, 0.3) is 11.1 Å². The fraction of sp³-hybridized carbons (Fsp3) is 0.233. The first-order chi connectivity index (χ1) is 18.8. The second kappa shape index (κ2) is 10.8. The van der Waals surface area contributed by atoms with Gasteiger partial charge in [0.05, 0.1) is 12.0 Å². The summed E-state index contributed by atoms with van der Waals surface area (Å²) in [6.45, 7) is 0.661. The Morgan fingerprint density at radius 3 is 2.44 bits per heavy atom. The fourth-order valence-corrected chi connectivity index (χ4v) is 5.28. The first-order valence-electron chi connectivity index (χ1n) is 12.7. The molecule has 0 saturated carbocycles. The molecule has 39 heavy (non-hydrogen) atoms. The SMILES string of the molecule is CCCC(c1cccc2c1-c1ccccc1C2C(=O)NCC(F)(F)F)n1ccnc1NC(=O)c1ccccc1. The minimum absolute atomic E-state index is 0.247. The maximum absolute atomic E-state index is 13.1. The zero-order valence-electron chi connectivity index (χ0n) is 21.2. The molecule has 1 aliphatic carbocycles. The van der Waals surface area contributed by atoms with Crippen molar-refractivity contribution >= 4 is 17.8 Å². The monoisotopic (exact) mass is 532 g/mol. The average Bonchev–Trinajstić information content (AvgIpc) is 3.52. The van der Waals surface area contributed by atoms with Crippen LogP contribution in [0.2, 0.25) is 0 Å². The number of nitrogens with one attached hydrogen (secondary N) is 2. The van der Waals surface area contributed by atoms with Gasteiger partial charge in [0.15, 0.2) is 0 Å². The van der Waals surface area contributed by atoms with Crippen LogP contribution < -0.4 is 10.6 Å². The topological polar surface area (TPSA) is 76.0 Å². The first kappa shape index (κ1) is 26.2. The number of carbonyl (C=O) groups excluding carboxylic acids is 2. The van der Waals surface area contributed by atoms with E-state index >= 15 is 0 Å². The van der Waals surface area contributed by atoms with Crippen molar-refractivity contribution in [2.24, 2.45) is 0 Å². The van der Waals surface area contributed by atoms with E-state index in [2.05, 4.69) is 22.5 Å². The van der Waals surface area contributed by atoms with Crippen LogP contribution in [0.15, 0.2) is 85.2 Å². The Balaban J connectivity index is 1.55. The van der Waals surface area contributed by atoms with E-state index in [0.29, 0.717) is 29.1 Å². The number of aromatic nitrogens is 2. The molecule has 2 atom stereocenters. The molecule has 200 valence electrons. The molecule has 2 unspecified atom stereocenters. The predicted molar refractivity (Wildman–Crippen MR) is 142 cm³/mol. The van der Waals surface area contributed by atoms with Gasteiger partial charge < -0.3 is 9.88 Å². The molecule has 0 saturated heterocycles. The Morgan fingerprint density at radius 2 is 1.69 bits per heavy atom. The zero-order chi connectivity index (χ0) is 27.6. The number of amides is 2. The highest BCUT2D eigenvalue weighted by molar-refractivity contribution is 6.03. The molecule has 0 fully saturated rings. The lowest BCUT2D eigenvalue weighted by Gasteiger charge is -2.24. The highest BCUT2D eigenvalue weighted by Crippen LogP contribution is 2.49. The summed E-state index contributed by atoms with van der Waals surface area (Å²) in [5.41, 5.74) is 4.36. The standard InChI is InChI=1S/C30H27F3N4O2/c1-2-9-24(37-17-16-34-29(37)36-27(38)19-10-4-3-5-11-19)22-14-8-15-23-25(22)20-12-6-7-13-21(20)26(23)28(39)35-18-30(31,32)33/h3-8,10-17,24,26H,2,9,18H2,1H3,(H,35,39)(H,34,36,38). The van der Waals surface area contributed by atoms with Crippen LogP contribution in [-0.4, -0.2) is 34.1 Å². The van der Waals surface area contributed by atoms with E-state index in [4.69, 9.17) is 0 Å². The highest BCUT2D eigenvalue weighted by Gasteiger charge is 2.38. The molecule has 2 amide bonds. The Morgan fingerprint density at radius 1 is 0.974 bits per heavy atom. The van der Waals surface area contributed by atoms with Crippen LogP contribution in [0.4, 0.5) is 19.1 Å². The predicted octanol–water partition coefficient (Wildman–Crippen LogP) is 6.32. The Kier molecular flexibility index (Phi) is 7.24. The molecule has 5 rings (SSSR count). The minimum atomic E-state index is -4.51. The minimum Gasteiger partial charge on any atom is -0.346 e. The molecular weight excluding hydrogens is 505 g/mol. The van der Waals surface area contributed by atoms with Crippen molar-refractivity contribution in [3.8, 4) is 11.1 Å². The molecule has 1 aliphatic rings. The lowest BCUT2D eigenvalue weighted by Crippen LogP contribution is -2.36. The molecule has 2 N–H and O–H groups in total. The third-order valence-electron chi connectivity index (χ3n) is 6.89. The summed E-state index contributed by atoms with van der Waals surface area (Å²) in [6.07, 6.45) is 0.430. The van der Waals surface area contributed by atoms with Gasteiger partial charge in [-0.2, -0.15) is 13.2 Å².